The minimum Gasteiger partial charge on any atom is -0.394 e. The van der Waals surface area contributed by atoms with Gasteiger partial charge < -0.3 is 40.3 Å². The average Bonchev–Trinajstić information content (AvgIpc) is 3.36. The fraction of sp³-hybridized carbons (Fsp3) is 0.885. The Bertz CT molecular complexity index is 1190. The van der Waals surface area contributed by atoms with E-state index >= 15 is 0 Å². The minimum absolute atomic E-state index is 0.193. The standard InChI is InChI=1S/C61H115NO8/c1-3-5-7-9-11-13-15-17-19-21-22-23-24-25-26-27-28-29-30-31-32-33-34-35-36-38-40-42-44-46-48-50-55(64)54(53-69-61-60(68)59(67)58(66)56(52-63)70-61)62-57(65)51-49-47-45-43-41-39-37-20-18-16-14-12-10-8-6-4-2/h20,37,40,42,48,50,54-56,58-61,63-64,66-68H,3-19,21-36,38-39,41,43-47,49,51-53H2,1-2H3,(H,62,65)/b37-20-,42-40+,50-48+. The Labute approximate surface area is 431 Å². The molecule has 70 heavy (non-hydrogen) atoms. The first-order valence-electron chi connectivity index (χ1n) is 30.2. The maximum atomic E-state index is 13.0. The summed E-state index contributed by atoms with van der Waals surface area (Å²) in [6, 6.07) is -0.826. The van der Waals surface area contributed by atoms with Crippen molar-refractivity contribution in [2.24, 2.45) is 0 Å². The number of hydrogen-bond acceptors (Lipinski definition) is 8. The van der Waals surface area contributed by atoms with Crippen LogP contribution in [0, 0.1) is 0 Å². The van der Waals surface area contributed by atoms with E-state index in [1.165, 1.54) is 212 Å². The van der Waals surface area contributed by atoms with Crippen LogP contribution in [0.4, 0.5) is 0 Å². The number of ether oxygens (including phenoxy) is 2. The lowest BCUT2D eigenvalue weighted by Gasteiger charge is -2.40. The molecule has 7 atom stereocenters. The normalized spacial score (nSPS) is 19.6. The molecule has 1 aliphatic heterocycles. The van der Waals surface area contributed by atoms with E-state index in [1.54, 1.807) is 6.08 Å². The number of allylic oxidation sites excluding steroid dienone is 5. The van der Waals surface area contributed by atoms with E-state index in [4.69, 9.17) is 9.47 Å². The Morgan fingerprint density at radius 2 is 0.814 bits per heavy atom. The second kappa shape index (κ2) is 50.9. The zero-order valence-corrected chi connectivity index (χ0v) is 45.8. The molecule has 0 aromatic rings. The lowest BCUT2D eigenvalue weighted by atomic mass is 9.99. The van der Waals surface area contributed by atoms with Gasteiger partial charge in [-0.3, -0.25) is 4.79 Å². The molecule has 0 radical (unpaired) electrons. The zero-order chi connectivity index (χ0) is 50.8. The van der Waals surface area contributed by atoms with E-state index in [9.17, 15) is 30.3 Å². The second-order valence-electron chi connectivity index (χ2n) is 21.1. The molecule has 0 aliphatic carbocycles. The number of aliphatic hydroxyl groups excluding tert-OH is 5. The van der Waals surface area contributed by atoms with Crippen molar-refractivity contribution in [2.75, 3.05) is 13.2 Å². The highest BCUT2D eigenvalue weighted by Gasteiger charge is 2.44. The van der Waals surface area contributed by atoms with Gasteiger partial charge in [0.1, 0.15) is 24.4 Å². The Morgan fingerprint density at radius 3 is 1.20 bits per heavy atom. The lowest BCUT2D eigenvalue weighted by Crippen LogP contribution is -2.60. The maximum absolute atomic E-state index is 13.0. The van der Waals surface area contributed by atoms with Crippen molar-refractivity contribution in [1.29, 1.82) is 0 Å². The third kappa shape index (κ3) is 39.9. The highest BCUT2D eigenvalue weighted by atomic mass is 16.7. The Morgan fingerprint density at radius 1 is 0.471 bits per heavy atom. The van der Waals surface area contributed by atoms with Crippen LogP contribution in [0.25, 0.3) is 0 Å². The van der Waals surface area contributed by atoms with Gasteiger partial charge in [-0.15, -0.1) is 0 Å². The summed E-state index contributed by atoms with van der Waals surface area (Å²) in [7, 11) is 0. The SMILES string of the molecule is CCCCCCCCC/C=C\CCCCCCCC(=O)NC(COC1OC(CO)C(O)C(O)C1O)C(O)/C=C/CC/C=C/CCCCCCCCCCCCCCCCCCCCCCCCCCC. The molecule has 1 fully saturated rings. The molecule has 1 rings (SSSR count). The number of hydrogen-bond donors (Lipinski definition) is 6. The molecular weight excluding hydrogens is 875 g/mol. The lowest BCUT2D eigenvalue weighted by molar-refractivity contribution is -0.302. The van der Waals surface area contributed by atoms with Gasteiger partial charge in [0.15, 0.2) is 6.29 Å². The number of carbonyl (C=O) groups excluding carboxylic acids is 1. The molecule has 1 heterocycles. The quantitative estimate of drug-likeness (QED) is 0.0261. The van der Waals surface area contributed by atoms with E-state index in [2.05, 4.69) is 43.5 Å². The first-order chi connectivity index (χ1) is 34.3. The Balaban J connectivity index is 2.19. The van der Waals surface area contributed by atoms with Crippen LogP contribution in [0.2, 0.25) is 0 Å². The summed E-state index contributed by atoms with van der Waals surface area (Å²) in [5, 5.41) is 54.5. The summed E-state index contributed by atoms with van der Waals surface area (Å²) < 4.78 is 11.3. The topological polar surface area (TPSA) is 149 Å². The number of unbranched alkanes of at least 4 members (excludes halogenated alkanes) is 38. The predicted molar refractivity (Wildman–Crippen MR) is 295 cm³/mol. The van der Waals surface area contributed by atoms with E-state index in [-0.39, 0.29) is 12.5 Å². The van der Waals surface area contributed by atoms with Crippen LogP contribution in [0.15, 0.2) is 36.5 Å². The molecule has 0 aromatic heterocycles. The fourth-order valence-corrected chi connectivity index (χ4v) is 9.64. The van der Waals surface area contributed by atoms with Crippen LogP contribution in [-0.2, 0) is 14.3 Å². The van der Waals surface area contributed by atoms with Crippen molar-refractivity contribution in [3.05, 3.63) is 36.5 Å². The first-order valence-corrected chi connectivity index (χ1v) is 30.2. The van der Waals surface area contributed by atoms with Crippen LogP contribution < -0.4 is 5.32 Å². The van der Waals surface area contributed by atoms with Crippen molar-refractivity contribution < 1.29 is 39.8 Å². The third-order valence-electron chi connectivity index (χ3n) is 14.4. The summed E-state index contributed by atoms with van der Waals surface area (Å²) >= 11 is 0. The van der Waals surface area contributed by atoms with Crippen molar-refractivity contribution in [3.63, 3.8) is 0 Å². The molecule has 0 spiro atoms. The summed E-state index contributed by atoms with van der Waals surface area (Å²) in [6.45, 7) is 3.78. The van der Waals surface area contributed by atoms with Crippen LogP contribution >= 0.6 is 0 Å². The van der Waals surface area contributed by atoms with Gasteiger partial charge in [0.05, 0.1) is 25.4 Å². The summed E-state index contributed by atoms with van der Waals surface area (Å²) in [6.07, 6.45) is 59.5. The van der Waals surface area contributed by atoms with Gasteiger partial charge in [0, 0.05) is 6.42 Å². The van der Waals surface area contributed by atoms with Crippen LogP contribution in [0.5, 0.6) is 0 Å². The Kier molecular flexibility index (Phi) is 48.3. The second-order valence-corrected chi connectivity index (χ2v) is 21.1. The molecule has 1 saturated heterocycles. The van der Waals surface area contributed by atoms with Crippen LogP contribution in [-0.4, -0.2) is 87.5 Å². The molecule has 0 bridgehead atoms. The summed E-state index contributed by atoms with van der Waals surface area (Å²) in [5.74, 6) is -0.193. The number of carbonyl (C=O) groups is 1. The van der Waals surface area contributed by atoms with Gasteiger partial charge in [0.2, 0.25) is 5.91 Å². The first kappa shape index (κ1) is 66.4. The molecule has 1 aliphatic rings. The fourth-order valence-electron chi connectivity index (χ4n) is 9.64. The molecule has 9 nitrogen and oxygen atoms in total. The molecule has 7 unspecified atom stereocenters. The van der Waals surface area contributed by atoms with Crippen molar-refractivity contribution >= 4 is 5.91 Å². The van der Waals surface area contributed by atoms with Gasteiger partial charge in [-0.05, 0) is 57.8 Å². The smallest absolute Gasteiger partial charge is 0.220 e. The van der Waals surface area contributed by atoms with E-state index in [0.29, 0.717) is 6.42 Å². The Hall–Kier alpha value is -1.59. The van der Waals surface area contributed by atoms with Crippen molar-refractivity contribution in [1.82, 2.24) is 5.32 Å². The molecule has 1 amide bonds. The van der Waals surface area contributed by atoms with Gasteiger partial charge in [-0.25, -0.2) is 0 Å². The van der Waals surface area contributed by atoms with Gasteiger partial charge >= 0.3 is 0 Å². The average molecular weight is 991 g/mol. The van der Waals surface area contributed by atoms with Gasteiger partial charge in [-0.1, -0.05) is 262 Å². The maximum Gasteiger partial charge on any atom is 0.220 e. The number of rotatable bonds is 52. The monoisotopic (exact) mass is 990 g/mol. The summed E-state index contributed by atoms with van der Waals surface area (Å²) in [4.78, 5) is 13.0. The van der Waals surface area contributed by atoms with E-state index < -0.39 is 49.5 Å². The molecule has 6 N–H and O–H groups in total. The largest absolute Gasteiger partial charge is 0.394 e. The highest BCUT2D eigenvalue weighted by molar-refractivity contribution is 5.76. The molecule has 9 heteroatoms. The molecule has 412 valence electrons. The molecule has 0 saturated carbocycles. The van der Waals surface area contributed by atoms with Gasteiger partial charge in [0.25, 0.3) is 0 Å². The van der Waals surface area contributed by atoms with Crippen LogP contribution in [0.1, 0.15) is 290 Å². The highest BCUT2D eigenvalue weighted by Crippen LogP contribution is 2.23. The van der Waals surface area contributed by atoms with E-state index in [0.717, 1.165) is 57.8 Å². The van der Waals surface area contributed by atoms with E-state index in [1.807, 2.05) is 6.08 Å². The third-order valence-corrected chi connectivity index (χ3v) is 14.4. The summed E-state index contributed by atoms with van der Waals surface area (Å²) in [5.41, 5.74) is 0. The van der Waals surface area contributed by atoms with Crippen molar-refractivity contribution in [2.45, 2.75) is 333 Å². The van der Waals surface area contributed by atoms with Gasteiger partial charge in [-0.2, -0.15) is 0 Å². The van der Waals surface area contributed by atoms with Crippen LogP contribution in [0.3, 0.4) is 0 Å². The predicted octanol–water partition coefficient (Wildman–Crippen LogP) is 15.1. The zero-order valence-electron chi connectivity index (χ0n) is 45.8. The number of nitrogens with one attached hydrogen (secondary N) is 1. The number of aliphatic hydroxyl groups is 5. The van der Waals surface area contributed by atoms with Crippen molar-refractivity contribution in [3.8, 4) is 0 Å². The molecular formula is C61H115NO8. The number of amides is 1. The molecule has 0 aromatic carbocycles. The minimum atomic E-state index is -1.57.